The average molecular weight is 444 g/mol. The first-order valence-corrected chi connectivity index (χ1v) is 9.96. The van der Waals surface area contributed by atoms with E-state index in [1.54, 1.807) is 30.5 Å². The lowest BCUT2D eigenvalue weighted by atomic mass is 10.0. The van der Waals surface area contributed by atoms with Crippen molar-refractivity contribution in [1.29, 1.82) is 0 Å². The molecule has 2 heterocycles. The third-order valence-electron chi connectivity index (χ3n) is 5.37. The van der Waals surface area contributed by atoms with Crippen LogP contribution in [0, 0.1) is 5.82 Å². The number of aromatic nitrogens is 1. The Labute approximate surface area is 182 Å². The van der Waals surface area contributed by atoms with Crippen LogP contribution in [0.3, 0.4) is 0 Å². The van der Waals surface area contributed by atoms with Crippen molar-refractivity contribution in [3.63, 3.8) is 0 Å². The molecule has 1 aliphatic rings. The van der Waals surface area contributed by atoms with Crippen molar-refractivity contribution in [2.24, 2.45) is 0 Å². The van der Waals surface area contributed by atoms with Gasteiger partial charge in [0.2, 0.25) is 11.5 Å². The summed E-state index contributed by atoms with van der Waals surface area (Å²) in [6.07, 6.45) is 1.55. The van der Waals surface area contributed by atoms with Gasteiger partial charge in [-0.15, -0.1) is 0 Å². The van der Waals surface area contributed by atoms with Gasteiger partial charge in [0, 0.05) is 48.7 Å². The number of aliphatic hydroxyl groups is 1. The van der Waals surface area contributed by atoms with Gasteiger partial charge in [-0.05, 0) is 48.0 Å². The van der Waals surface area contributed by atoms with E-state index in [0.29, 0.717) is 16.8 Å². The molecule has 0 spiro atoms. The van der Waals surface area contributed by atoms with E-state index in [-0.39, 0.29) is 30.4 Å². The fraction of sp³-hybridized carbons (Fsp3) is 0.227. The Morgan fingerprint density at radius 1 is 1.23 bits per heavy atom. The fourth-order valence-corrected chi connectivity index (χ4v) is 4.02. The summed E-state index contributed by atoms with van der Waals surface area (Å²) in [6, 6.07) is 10.7. The summed E-state index contributed by atoms with van der Waals surface area (Å²) in [5, 5.41) is 14.2. The molecular formula is C22H19ClFN3O4. The highest BCUT2D eigenvalue weighted by Crippen LogP contribution is 2.31. The van der Waals surface area contributed by atoms with E-state index in [9.17, 15) is 23.9 Å². The lowest BCUT2D eigenvalue weighted by Crippen LogP contribution is -2.52. The molecule has 0 radical (unpaired) electrons. The van der Waals surface area contributed by atoms with Crippen LogP contribution in [-0.2, 0) is 16.1 Å². The van der Waals surface area contributed by atoms with Crippen molar-refractivity contribution < 1.29 is 23.9 Å². The average Bonchev–Trinajstić information content (AvgIpc) is 3.27. The van der Waals surface area contributed by atoms with Crippen LogP contribution in [-0.4, -0.2) is 39.5 Å². The van der Waals surface area contributed by atoms with Gasteiger partial charge < -0.3 is 15.3 Å². The van der Waals surface area contributed by atoms with Gasteiger partial charge in [0.05, 0.1) is 5.52 Å². The Balaban J connectivity index is 1.51. The van der Waals surface area contributed by atoms with Gasteiger partial charge in [0.25, 0.3) is 11.8 Å². The number of anilines is 1. The van der Waals surface area contributed by atoms with Gasteiger partial charge in [-0.1, -0.05) is 11.6 Å². The number of fused-ring (bicyclic) bond motifs is 1. The maximum absolute atomic E-state index is 13.5. The number of nitrogens with zero attached hydrogens (tertiary/aromatic N) is 2. The van der Waals surface area contributed by atoms with Gasteiger partial charge in [-0.25, -0.2) is 4.39 Å². The van der Waals surface area contributed by atoms with Crippen LogP contribution in [0.2, 0.25) is 5.02 Å². The minimum atomic E-state index is -2.22. The standard InChI is InChI=1S/C22H19ClFN3O4/c1-13(28)26-6-4-15-10-18(2-3-19(15)26)27-7-5-22(31,21(27)30)20(29)25-12-14-8-16(23)11-17(24)9-14/h2-4,6,8-11,31H,5,7,12H2,1H3,(H,25,29)/t22-/m1/s1. The van der Waals surface area contributed by atoms with E-state index in [0.717, 1.165) is 11.5 Å². The van der Waals surface area contributed by atoms with E-state index >= 15 is 0 Å². The second kappa shape index (κ2) is 7.79. The maximum atomic E-state index is 13.5. The maximum Gasteiger partial charge on any atom is 0.268 e. The highest BCUT2D eigenvalue weighted by atomic mass is 35.5. The monoisotopic (exact) mass is 443 g/mol. The number of benzene rings is 2. The number of hydrogen-bond donors (Lipinski definition) is 2. The second-order valence-corrected chi connectivity index (χ2v) is 7.91. The molecule has 1 aromatic heterocycles. The smallest absolute Gasteiger partial charge is 0.268 e. The summed E-state index contributed by atoms with van der Waals surface area (Å²) in [5.74, 6) is -2.28. The molecule has 4 rings (SSSR count). The zero-order valence-electron chi connectivity index (χ0n) is 16.6. The number of rotatable bonds is 4. The molecule has 0 bridgehead atoms. The molecule has 7 nitrogen and oxygen atoms in total. The fourth-order valence-electron chi connectivity index (χ4n) is 3.78. The highest BCUT2D eigenvalue weighted by Gasteiger charge is 2.51. The Kier molecular flexibility index (Phi) is 5.28. The molecule has 1 aliphatic heterocycles. The van der Waals surface area contributed by atoms with Crippen LogP contribution in [0.15, 0.2) is 48.7 Å². The number of carbonyl (C=O) groups excluding carboxylic acids is 3. The molecule has 31 heavy (non-hydrogen) atoms. The first kappa shape index (κ1) is 21.0. The molecule has 1 saturated heterocycles. The summed E-state index contributed by atoms with van der Waals surface area (Å²) < 4.78 is 15.0. The van der Waals surface area contributed by atoms with Gasteiger partial charge in [0.15, 0.2) is 0 Å². The molecule has 1 atom stereocenters. The van der Waals surface area contributed by atoms with Crippen LogP contribution in [0.1, 0.15) is 23.7 Å². The summed E-state index contributed by atoms with van der Waals surface area (Å²) in [7, 11) is 0. The van der Waals surface area contributed by atoms with Gasteiger partial charge in [0.1, 0.15) is 5.82 Å². The summed E-state index contributed by atoms with van der Waals surface area (Å²) in [4.78, 5) is 38.5. The number of nitrogens with one attached hydrogen (secondary N) is 1. The van der Waals surface area contributed by atoms with Crippen molar-refractivity contribution >= 4 is 45.9 Å². The van der Waals surface area contributed by atoms with Crippen molar-refractivity contribution in [2.75, 3.05) is 11.4 Å². The number of carbonyl (C=O) groups is 3. The van der Waals surface area contributed by atoms with Crippen molar-refractivity contribution in [3.05, 3.63) is 65.1 Å². The molecule has 160 valence electrons. The molecule has 0 aliphatic carbocycles. The van der Waals surface area contributed by atoms with Gasteiger partial charge >= 0.3 is 0 Å². The molecule has 0 unspecified atom stereocenters. The Bertz CT molecular complexity index is 1200. The Hall–Kier alpha value is -3.23. The van der Waals surface area contributed by atoms with Crippen LogP contribution < -0.4 is 10.2 Å². The zero-order valence-corrected chi connectivity index (χ0v) is 17.3. The summed E-state index contributed by atoms with van der Waals surface area (Å²) in [6.45, 7) is 1.51. The SMILES string of the molecule is CC(=O)n1ccc2cc(N3CC[C@@](O)(C(=O)NCc4cc(F)cc(Cl)c4)C3=O)ccc21. The van der Waals surface area contributed by atoms with Gasteiger partial charge in [-0.3, -0.25) is 19.0 Å². The largest absolute Gasteiger partial charge is 0.372 e. The Morgan fingerprint density at radius 2 is 2.00 bits per heavy atom. The zero-order chi connectivity index (χ0) is 22.3. The van der Waals surface area contributed by atoms with E-state index in [1.807, 2.05) is 0 Å². The number of hydrogen-bond acceptors (Lipinski definition) is 4. The predicted octanol–water partition coefficient (Wildman–Crippen LogP) is 2.88. The van der Waals surface area contributed by atoms with Crippen molar-refractivity contribution in [2.45, 2.75) is 25.5 Å². The van der Waals surface area contributed by atoms with E-state index < -0.39 is 23.2 Å². The molecule has 9 heteroatoms. The lowest BCUT2D eigenvalue weighted by molar-refractivity contribution is -0.149. The topological polar surface area (TPSA) is 91.6 Å². The van der Waals surface area contributed by atoms with E-state index in [4.69, 9.17) is 11.6 Å². The van der Waals surface area contributed by atoms with E-state index in [2.05, 4.69) is 5.32 Å². The molecule has 0 saturated carbocycles. The molecular weight excluding hydrogens is 425 g/mol. The van der Waals surface area contributed by atoms with Crippen LogP contribution in [0.5, 0.6) is 0 Å². The minimum Gasteiger partial charge on any atom is -0.372 e. The summed E-state index contributed by atoms with van der Waals surface area (Å²) >= 11 is 5.81. The number of amides is 2. The first-order valence-electron chi connectivity index (χ1n) is 9.59. The van der Waals surface area contributed by atoms with Crippen molar-refractivity contribution in [3.8, 4) is 0 Å². The predicted molar refractivity (Wildman–Crippen MR) is 113 cm³/mol. The lowest BCUT2D eigenvalue weighted by Gasteiger charge is -2.22. The second-order valence-electron chi connectivity index (χ2n) is 7.48. The first-order chi connectivity index (χ1) is 14.7. The normalized spacial score (nSPS) is 18.6. The minimum absolute atomic E-state index is 0.0869. The Morgan fingerprint density at radius 3 is 2.71 bits per heavy atom. The number of halogens is 2. The van der Waals surface area contributed by atoms with Gasteiger partial charge in [-0.2, -0.15) is 0 Å². The quantitative estimate of drug-likeness (QED) is 0.606. The van der Waals surface area contributed by atoms with Crippen LogP contribution in [0.25, 0.3) is 10.9 Å². The van der Waals surface area contributed by atoms with Crippen molar-refractivity contribution in [1.82, 2.24) is 9.88 Å². The van der Waals surface area contributed by atoms with Crippen LogP contribution >= 0.6 is 11.6 Å². The van der Waals surface area contributed by atoms with Crippen LogP contribution in [0.4, 0.5) is 10.1 Å². The third kappa shape index (κ3) is 3.80. The molecule has 1 fully saturated rings. The highest BCUT2D eigenvalue weighted by molar-refractivity contribution is 6.30. The molecule has 2 N–H and O–H groups in total. The molecule has 2 amide bonds. The van der Waals surface area contributed by atoms with E-state index in [1.165, 1.54) is 28.5 Å². The molecule has 3 aromatic rings. The molecule has 2 aromatic carbocycles. The third-order valence-corrected chi connectivity index (χ3v) is 5.59. The summed E-state index contributed by atoms with van der Waals surface area (Å²) in [5.41, 5.74) is -0.606.